The van der Waals surface area contributed by atoms with Crippen LogP contribution in [0.1, 0.15) is 155 Å². The molecule has 3 aromatic rings. The Balaban J connectivity index is 1.71. The smallest absolute Gasteiger partial charge is 0.328 e. The van der Waals surface area contributed by atoms with Gasteiger partial charge in [-0.15, -0.1) is 0 Å². The molecule has 1 fully saturated rings. The number of amides is 15. The summed E-state index contributed by atoms with van der Waals surface area (Å²) in [4.78, 5) is 231. The minimum Gasteiger partial charge on any atom is -0.508 e. The van der Waals surface area contributed by atoms with Gasteiger partial charge in [0.2, 0.25) is 88.6 Å². The predicted octanol–water partition coefficient (Wildman–Crippen LogP) is -8.71. The number of aliphatic carboxylic acids is 1. The monoisotopic (exact) mass is 2030 g/mol. The van der Waals surface area contributed by atoms with Gasteiger partial charge < -0.3 is 171 Å². The Morgan fingerprint density at radius 1 is 0.385 bits per heavy atom. The summed E-state index contributed by atoms with van der Waals surface area (Å²) in [6.07, 6.45) is -5.53. The van der Waals surface area contributed by atoms with Gasteiger partial charge in [0.25, 0.3) is 0 Å². The van der Waals surface area contributed by atoms with Gasteiger partial charge in [-0.05, 0) is 196 Å². The first-order chi connectivity index (χ1) is 67.6. The summed E-state index contributed by atoms with van der Waals surface area (Å²) in [7, 11) is 0. The molecule has 51 nitrogen and oxygen atoms in total. The Labute approximate surface area is 832 Å². The van der Waals surface area contributed by atoms with Crippen LogP contribution in [0.2, 0.25) is 0 Å². The molecule has 1 aliphatic heterocycles. The van der Waals surface area contributed by atoms with Crippen LogP contribution in [-0.2, 0) is 96.0 Å². The van der Waals surface area contributed by atoms with Crippen molar-refractivity contribution in [2.45, 2.75) is 278 Å². The van der Waals surface area contributed by atoms with E-state index in [4.69, 9.17) is 50.6 Å². The molecule has 1 saturated heterocycles. The Bertz CT molecular complexity index is 4680. The molecule has 0 saturated carbocycles. The lowest BCUT2D eigenvalue weighted by Gasteiger charge is -2.32. The Morgan fingerprint density at radius 3 is 1.05 bits per heavy atom. The van der Waals surface area contributed by atoms with E-state index in [2.05, 4.69) is 90.4 Å². The number of guanidine groups is 3. The van der Waals surface area contributed by atoms with Gasteiger partial charge in [0.1, 0.15) is 108 Å². The zero-order chi connectivity index (χ0) is 107. The maximum Gasteiger partial charge on any atom is 0.328 e. The third-order valence-corrected chi connectivity index (χ3v) is 23.7. The van der Waals surface area contributed by atoms with Crippen molar-refractivity contribution in [1.82, 2.24) is 95.3 Å². The van der Waals surface area contributed by atoms with Crippen LogP contribution in [0.5, 0.6) is 11.5 Å². The first-order valence-electron chi connectivity index (χ1n) is 47.3. The fraction of sp³-hybridized carbons (Fsp3) is 0.593. The molecule has 52 heteroatoms. The summed E-state index contributed by atoms with van der Waals surface area (Å²) < 4.78 is 0. The van der Waals surface area contributed by atoms with Crippen LogP contribution in [0.15, 0.2) is 78.9 Å². The number of unbranched alkanes of at least 4 members (excludes halogenated alkanes) is 2. The number of carbonyl (C=O) groups is 16. The van der Waals surface area contributed by atoms with E-state index in [0.717, 1.165) is 25.7 Å². The number of carbonyl (C=O) groups excluding carboxylic acids is 15. The minimum atomic E-state index is -1.96. The van der Waals surface area contributed by atoms with Gasteiger partial charge in [-0.25, -0.2) is 4.79 Å². The van der Waals surface area contributed by atoms with E-state index in [-0.39, 0.29) is 158 Å². The second-order valence-corrected chi connectivity index (χ2v) is 36.2. The second kappa shape index (κ2) is 63.5. The minimum absolute atomic E-state index is 0.00416. The van der Waals surface area contributed by atoms with E-state index in [9.17, 15) is 88.8 Å². The van der Waals surface area contributed by atoms with Gasteiger partial charge in [-0.1, -0.05) is 68.4 Å². The van der Waals surface area contributed by atoms with Crippen LogP contribution < -0.4 is 125 Å². The Kier molecular flexibility index (Phi) is 54.1. The van der Waals surface area contributed by atoms with Crippen molar-refractivity contribution in [2.75, 3.05) is 57.9 Å². The summed E-state index contributed by atoms with van der Waals surface area (Å²) in [5, 5.41) is 150. The molecule has 796 valence electrons. The van der Waals surface area contributed by atoms with Crippen molar-refractivity contribution in [1.29, 1.82) is 16.2 Å². The highest BCUT2D eigenvalue weighted by Crippen LogP contribution is 2.23. The van der Waals surface area contributed by atoms with E-state index in [0.29, 0.717) is 24.0 Å². The van der Waals surface area contributed by atoms with Gasteiger partial charge >= 0.3 is 5.97 Å². The van der Waals surface area contributed by atoms with Crippen LogP contribution >= 0.6 is 11.8 Å². The molecule has 20 atom stereocenters. The van der Waals surface area contributed by atoms with Gasteiger partial charge in [0.15, 0.2) is 17.9 Å². The van der Waals surface area contributed by atoms with Gasteiger partial charge in [0, 0.05) is 45.4 Å². The molecule has 0 aliphatic carbocycles. The number of benzene rings is 3. The van der Waals surface area contributed by atoms with E-state index < -0.39 is 252 Å². The van der Waals surface area contributed by atoms with Gasteiger partial charge in [-0.2, -0.15) is 11.8 Å². The molecular weight excluding hydrogens is 1890 g/mol. The molecule has 0 radical (unpaired) electrons. The van der Waals surface area contributed by atoms with E-state index in [1.165, 1.54) is 67.2 Å². The largest absolute Gasteiger partial charge is 0.508 e. The lowest BCUT2D eigenvalue weighted by molar-refractivity contribution is -0.144. The number of hydrogen-bond donors (Lipinski definition) is 34. The number of thioether (sulfide) groups is 1. The van der Waals surface area contributed by atoms with Crippen molar-refractivity contribution < 1.29 is 118 Å². The highest BCUT2D eigenvalue weighted by atomic mass is 32.2. The van der Waals surface area contributed by atoms with Crippen LogP contribution in [-0.4, -0.2) is 337 Å². The number of aliphatic hydroxyl groups excluding tert-OH is 5. The molecule has 15 amide bonds. The van der Waals surface area contributed by atoms with Gasteiger partial charge in [-0.3, -0.25) is 88.1 Å². The van der Waals surface area contributed by atoms with Crippen LogP contribution in [0.25, 0.3) is 0 Å². The molecule has 4 rings (SSSR count). The number of nitrogens with one attached hydrogen (secondary N) is 20. The first kappa shape index (κ1) is 122. The summed E-state index contributed by atoms with van der Waals surface area (Å²) in [5.74, 6) is -19.1. The number of hydrogen-bond acceptors (Lipinski definition) is 30. The highest BCUT2D eigenvalue weighted by molar-refractivity contribution is 7.98. The third-order valence-electron chi connectivity index (χ3n) is 23.1. The van der Waals surface area contributed by atoms with Crippen molar-refractivity contribution in [2.24, 2.45) is 40.3 Å². The average molecular weight is 2040 g/mol. The summed E-state index contributed by atoms with van der Waals surface area (Å²) in [6.45, 7) is 6.89. The average Bonchev–Trinajstić information content (AvgIpc) is 1.72. The molecule has 1 heterocycles. The van der Waals surface area contributed by atoms with Gasteiger partial charge in [0.05, 0.1) is 31.0 Å². The fourth-order valence-electron chi connectivity index (χ4n) is 15.0. The van der Waals surface area contributed by atoms with E-state index in [1.54, 1.807) is 50.4 Å². The first-order valence-corrected chi connectivity index (χ1v) is 48.6. The van der Waals surface area contributed by atoms with Crippen molar-refractivity contribution in [3.63, 3.8) is 0 Å². The number of rotatable bonds is 65. The number of aliphatic hydroxyl groups is 5. The normalized spacial score (nSPS) is 16.3. The molecule has 0 unspecified atom stereocenters. The molecule has 40 N–H and O–H groups in total. The molecule has 0 aromatic heterocycles. The van der Waals surface area contributed by atoms with E-state index in [1.807, 2.05) is 0 Å². The number of carboxylic acids is 1. The van der Waals surface area contributed by atoms with Crippen molar-refractivity contribution >= 4 is 124 Å². The number of carboxylic acid groups (broad SMARTS) is 1. The third kappa shape index (κ3) is 43.5. The van der Waals surface area contributed by atoms with E-state index >= 15 is 28.8 Å². The van der Waals surface area contributed by atoms with Crippen molar-refractivity contribution in [3.05, 3.63) is 95.6 Å². The molecule has 0 spiro atoms. The molecule has 1 aliphatic rings. The summed E-state index contributed by atoms with van der Waals surface area (Å²) in [6, 6.07) is -7.09. The summed E-state index contributed by atoms with van der Waals surface area (Å²) in [5.41, 5.74) is 35.0. The zero-order valence-electron chi connectivity index (χ0n) is 81.4. The fourth-order valence-corrected chi connectivity index (χ4v) is 15.4. The number of aromatic hydroxyl groups is 2. The Morgan fingerprint density at radius 2 is 0.692 bits per heavy atom. The molecule has 143 heavy (non-hydrogen) atoms. The Hall–Kier alpha value is -13.4. The number of phenolic OH excluding ortho intramolecular Hbond substituents is 2. The molecule has 0 bridgehead atoms. The van der Waals surface area contributed by atoms with Crippen LogP contribution in [0.4, 0.5) is 0 Å². The van der Waals surface area contributed by atoms with Crippen molar-refractivity contribution in [3.8, 4) is 11.5 Å². The number of nitrogens with zero attached hydrogens (tertiary/aromatic N) is 1. The number of nitrogens with two attached hydrogens (primary N) is 6. The molecular formula is C91H147N27O24S. The maximum atomic E-state index is 15.2. The van der Waals surface area contributed by atoms with Crippen LogP contribution in [0, 0.1) is 22.1 Å². The zero-order valence-corrected chi connectivity index (χ0v) is 82.3. The quantitative estimate of drug-likeness (QED) is 0.0142. The second-order valence-electron chi connectivity index (χ2n) is 35.2. The highest BCUT2D eigenvalue weighted by Gasteiger charge is 2.44. The molecule has 3 aromatic carbocycles. The predicted molar refractivity (Wildman–Crippen MR) is 526 cm³/mol. The number of likely N-dealkylation sites (tertiary alicyclic amines) is 1. The van der Waals surface area contributed by atoms with Crippen LogP contribution in [0.3, 0.4) is 0 Å². The number of phenols is 2. The summed E-state index contributed by atoms with van der Waals surface area (Å²) >= 11 is 1.28. The maximum absolute atomic E-state index is 15.2. The standard InChI is InChI=1S/C91H147N27O24S/c1-47(2)69(84(137)108-60(24-16-39-102-90(97)98)74(127)104-57(21-11-13-36-92)75(128)113-66(46-119)88(141)142)114-77(130)58(22-12-14-37-93)105-76(129)62(35-42-143-7)107-73(126)59(23-15-38-101-89(95)96)106-79(132)63(44-53-27-31-55(124)32-28-53)111-82(135)67-26-18-41-118(67)87(140)72(51(6)123)117-81(134)65(43-52-19-9-8-10-20-52)110-80(133)64(45-54-29-33-56(125)34-30-54)112-86(139)70(49(4)121)115-78(131)61(25-17-40-103-91(99)100)109-85(138)71(50(5)122)116-83(136)68(94)48(3)120/h8-10,19-20,27-34,47-51,57-72,119-125H,11-18,21-26,35-46,92-94H2,1-7H3,(H,104,127)(H,105,129)(H,106,132)(H,107,126)(H,108,137)(H,109,138)(H,110,133)(H,111,135)(H,112,139)(H,113,128)(H,114,130)(H,115,131)(H,116,136)(H,117,134)(H,141,142)(H4,95,96,101)(H4,97,98,102)(H4,99,100,103)/t48-,49-,50-,51-,57+,58+,59+,60+,61+,62+,63+,64+,65+,66+,67+,68+,69+,70+,71+,72+/m1/s1. The topological polar surface area (TPSA) is 870 Å². The SMILES string of the molecule is CSCC[C@H](NC(=O)[C@H](CCCNC(=N)N)NC(=O)[C@H](Cc1ccc(O)cc1)NC(=O)[C@@H]1CCCN1C(=O)[C@@H](NC(=O)[C@H](Cc1ccccc1)NC(=O)[C@H](Cc1ccc(O)cc1)NC(=O)[C@@H](NC(=O)[C@H](CCCNC(=N)N)NC(=O)[C@@H](NC(=O)[C@@H](N)[C@@H](C)O)[C@@H](C)O)[C@@H](C)O)[C@@H](C)O)C(=O)N[C@@H](CCCCN)C(=O)N[C@H](C(=O)N[C@@H](CCCNC(=N)N)C(=O)N[C@@H](CCCCN)C(=O)N[C@@H](CO)C(=O)O)C(C)C. The lowest BCUT2D eigenvalue weighted by Crippen LogP contribution is -2.63. The lowest BCUT2D eigenvalue weighted by atomic mass is 10.00.